The molecule has 0 spiro atoms. The van der Waals surface area contributed by atoms with Crippen LogP contribution >= 0.6 is 0 Å². The smallest absolute Gasteiger partial charge is 0.316 e. The standard InChI is InChI=1S/C15H16F3N3/c16-15(17,18)12-5-1-3-10(7-12)13-9-20-21-14(13)11-4-2-6-19-8-11/h1,3,5,7,9,11,19H,2,4,6,8H2,(H,20,21). The van der Waals surface area contributed by atoms with Crippen LogP contribution in [0.15, 0.2) is 30.5 Å². The first-order chi connectivity index (χ1) is 10.1. The molecule has 21 heavy (non-hydrogen) atoms. The molecule has 0 radical (unpaired) electrons. The molecule has 1 saturated heterocycles. The zero-order valence-electron chi connectivity index (χ0n) is 11.4. The number of nitrogens with one attached hydrogen (secondary N) is 2. The highest BCUT2D eigenvalue weighted by atomic mass is 19.4. The monoisotopic (exact) mass is 295 g/mol. The van der Waals surface area contributed by atoms with E-state index in [0.29, 0.717) is 5.56 Å². The molecule has 112 valence electrons. The van der Waals surface area contributed by atoms with Crippen LogP contribution in [0.5, 0.6) is 0 Å². The van der Waals surface area contributed by atoms with E-state index in [4.69, 9.17) is 0 Å². The minimum atomic E-state index is -4.33. The molecule has 1 aliphatic rings. The second kappa shape index (κ2) is 5.52. The summed E-state index contributed by atoms with van der Waals surface area (Å²) in [4.78, 5) is 0. The molecule has 0 saturated carbocycles. The first-order valence-electron chi connectivity index (χ1n) is 6.97. The predicted octanol–water partition coefficient (Wildman–Crippen LogP) is 3.56. The van der Waals surface area contributed by atoms with Gasteiger partial charge >= 0.3 is 6.18 Å². The highest BCUT2D eigenvalue weighted by Gasteiger charge is 2.31. The molecule has 1 aromatic heterocycles. The molecule has 1 atom stereocenters. The van der Waals surface area contributed by atoms with Crippen molar-refractivity contribution in [2.75, 3.05) is 13.1 Å². The van der Waals surface area contributed by atoms with Crippen LogP contribution in [0.1, 0.15) is 30.0 Å². The van der Waals surface area contributed by atoms with E-state index in [1.165, 1.54) is 12.1 Å². The number of alkyl halides is 3. The van der Waals surface area contributed by atoms with Crippen LogP contribution in [0, 0.1) is 0 Å². The number of rotatable bonds is 2. The average molecular weight is 295 g/mol. The molecule has 0 bridgehead atoms. The zero-order valence-corrected chi connectivity index (χ0v) is 11.4. The van der Waals surface area contributed by atoms with Crippen molar-refractivity contribution in [3.63, 3.8) is 0 Å². The van der Waals surface area contributed by atoms with Gasteiger partial charge in [0.1, 0.15) is 0 Å². The Hall–Kier alpha value is -1.82. The molecule has 2 heterocycles. The van der Waals surface area contributed by atoms with Gasteiger partial charge < -0.3 is 5.32 Å². The summed E-state index contributed by atoms with van der Waals surface area (Å²) < 4.78 is 38.5. The third-order valence-corrected chi connectivity index (χ3v) is 3.87. The summed E-state index contributed by atoms with van der Waals surface area (Å²) >= 11 is 0. The summed E-state index contributed by atoms with van der Waals surface area (Å²) in [6.45, 7) is 1.82. The lowest BCUT2D eigenvalue weighted by molar-refractivity contribution is -0.137. The highest BCUT2D eigenvalue weighted by molar-refractivity contribution is 5.66. The average Bonchev–Trinajstić information content (AvgIpc) is 2.97. The third-order valence-electron chi connectivity index (χ3n) is 3.87. The molecule has 1 aliphatic heterocycles. The van der Waals surface area contributed by atoms with Gasteiger partial charge in [0, 0.05) is 23.7 Å². The largest absolute Gasteiger partial charge is 0.416 e. The second-order valence-electron chi connectivity index (χ2n) is 5.32. The topological polar surface area (TPSA) is 40.7 Å². The SMILES string of the molecule is FC(F)(F)c1cccc(-c2cn[nH]c2C2CCCNC2)c1. The molecular weight excluding hydrogens is 279 g/mol. The van der Waals surface area contributed by atoms with Crippen molar-refractivity contribution in [1.82, 2.24) is 15.5 Å². The van der Waals surface area contributed by atoms with Gasteiger partial charge in [-0.1, -0.05) is 12.1 Å². The van der Waals surface area contributed by atoms with Gasteiger partial charge in [-0.2, -0.15) is 18.3 Å². The summed E-state index contributed by atoms with van der Waals surface area (Å²) in [5.74, 6) is 0.269. The van der Waals surface area contributed by atoms with Crippen LogP contribution in [0.25, 0.3) is 11.1 Å². The van der Waals surface area contributed by atoms with Crippen molar-refractivity contribution in [3.05, 3.63) is 41.7 Å². The van der Waals surface area contributed by atoms with Crippen molar-refractivity contribution < 1.29 is 13.2 Å². The number of hydrogen-bond acceptors (Lipinski definition) is 2. The number of halogens is 3. The van der Waals surface area contributed by atoms with E-state index < -0.39 is 11.7 Å². The van der Waals surface area contributed by atoms with E-state index in [0.717, 1.165) is 43.3 Å². The number of aromatic nitrogens is 2. The highest BCUT2D eigenvalue weighted by Crippen LogP contribution is 2.35. The van der Waals surface area contributed by atoms with E-state index in [9.17, 15) is 13.2 Å². The summed E-state index contributed by atoms with van der Waals surface area (Å²) in [7, 11) is 0. The number of nitrogens with zero attached hydrogens (tertiary/aromatic N) is 1. The second-order valence-corrected chi connectivity index (χ2v) is 5.32. The summed E-state index contributed by atoms with van der Waals surface area (Å²) in [5, 5.41) is 10.3. The third kappa shape index (κ3) is 2.95. The molecule has 6 heteroatoms. The Labute approximate surface area is 120 Å². The molecule has 1 fully saturated rings. The van der Waals surface area contributed by atoms with Crippen molar-refractivity contribution in [3.8, 4) is 11.1 Å². The van der Waals surface area contributed by atoms with Crippen LogP contribution in [-0.4, -0.2) is 23.3 Å². The lowest BCUT2D eigenvalue weighted by atomic mass is 9.91. The molecule has 3 nitrogen and oxygen atoms in total. The van der Waals surface area contributed by atoms with Crippen molar-refractivity contribution in [2.45, 2.75) is 24.9 Å². The summed E-state index contributed by atoms with van der Waals surface area (Å²) in [6.07, 6.45) is -0.640. The van der Waals surface area contributed by atoms with Crippen molar-refractivity contribution in [2.24, 2.45) is 0 Å². The fraction of sp³-hybridized carbons (Fsp3) is 0.400. The molecule has 0 aliphatic carbocycles. The van der Waals surface area contributed by atoms with Gasteiger partial charge in [0.2, 0.25) is 0 Å². The Morgan fingerprint density at radius 3 is 2.81 bits per heavy atom. The minimum Gasteiger partial charge on any atom is -0.316 e. The summed E-state index contributed by atoms with van der Waals surface area (Å²) in [5.41, 5.74) is 1.60. The van der Waals surface area contributed by atoms with Crippen molar-refractivity contribution >= 4 is 0 Å². The van der Waals surface area contributed by atoms with Crippen molar-refractivity contribution in [1.29, 1.82) is 0 Å². The van der Waals surface area contributed by atoms with E-state index in [2.05, 4.69) is 15.5 Å². The lowest BCUT2D eigenvalue weighted by Gasteiger charge is -2.22. The van der Waals surface area contributed by atoms with E-state index >= 15 is 0 Å². The van der Waals surface area contributed by atoms with Crippen LogP contribution in [-0.2, 0) is 6.18 Å². The maximum Gasteiger partial charge on any atom is 0.416 e. The maximum absolute atomic E-state index is 12.8. The van der Waals surface area contributed by atoms with E-state index in [-0.39, 0.29) is 5.92 Å². The molecule has 3 rings (SSSR count). The van der Waals surface area contributed by atoms with Crippen LogP contribution in [0.3, 0.4) is 0 Å². The van der Waals surface area contributed by atoms with E-state index in [1.54, 1.807) is 12.3 Å². The molecule has 2 N–H and O–H groups in total. The van der Waals surface area contributed by atoms with Gasteiger partial charge in [-0.05, 0) is 37.1 Å². The minimum absolute atomic E-state index is 0.269. The fourth-order valence-corrected chi connectivity index (χ4v) is 2.80. The quantitative estimate of drug-likeness (QED) is 0.889. The van der Waals surface area contributed by atoms with Gasteiger partial charge in [-0.15, -0.1) is 0 Å². The van der Waals surface area contributed by atoms with Gasteiger partial charge in [0.05, 0.1) is 11.8 Å². The molecule has 1 aromatic carbocycles. The Balaban J connectivity index is 1.96. The van der Waals surface area contributed by atoms with Crippen LogP contribution < -0.4 is 5.32 Å². The Bertz CT molecular complexity index is 613. The lowest BCUT2D eigenvalue weighted by Crippen LogP contribution is -2.28. The Morgan fingerprint density at radius 2 is 2.10 bits per heavy atom. The number of H-pyrrole nitrogens is 1. The predicted molar refractivity (Wildman–Crippen MR) is 73.9 cm³/mol. The van der Waals surface area contributed by atoms with Gasteiger partial charge in [-0.3, -0.25) is 5.10 Å². The van der Waals surface area contributed by atoms with Gasteiger partial charge in [0.15, 0.2) is 0 Å². The van der Waals surface area contributed by atoms with Crippen LogP contribution in [0.4, 0.5) is 13.2 Å². The normalized spacial score (nSPS) is 19.7. The Kier molecular flexibility index (Phi) is 3.71. The number of benzene rings is 1. The molecule has 1 unspecified atom stereocenters. The first kappa shape index (κ1) is 14.1. The fourth-order valence-electron chi connectivity index (χ4n) is 2.80. The van der Waals surface area contributed by atoms with Crippen LogP contribution in [0.2, 0.25) is 0 Å². The summed E-state index contributed by atoms with van der Waals surface area (Å²) in [6, 6.07) is 5.41. The number of aromatic amines is 1. The van der Waals surface area contributed by atoms with E-state index in [1.807, 2.05) is 0 Å². The van der Waals surface area contributed by atoms with Gasteiger partial charge in [-0.25, -0.2) is 0 Å². The first-order valence-corrected chi connectivity index (χ1v) is 6.97. The number of piperidine rings is 1. The zero-order chi connectivity index (χ0) is 14.9. The molecule has 2 aromatic rings. The maximum atomic E-state index is 12.8. The van der Waals surface area contributed by atoms with Gasteiger partial charge in [0.25, 0.3) is 0 Å². The molecular formula is C15H16F3N3. The number of hydrogen-bond donors (Lipinski definition) is 2. The Morgan fingerprint density at radius 1 is 1.24 bits per heavy atom. The molecule has 0 amide bonds.